The summed E-state index contributed by atoms with van der Waals surface area (Å²) < 4.78 is 23.3. The Morgan fingerprint density at radius 2 is 0.889 bits per heavy atom. The van der Waals surface area contributed by atoms with Gasteiger partial charge >= 0.3 is 0 Å². The molecule has 0 spiro atoms. The van der Waals surface area contributed by atoms with E-state index in [1.54, 1.807) is 6.08 Å². The molecule has 0 rings (SSSR count). The number of hydrogen-bond acceptors (Lipinski definition) is 6. The number of quaternary nitrogens is 1. The minimum absolute atomic E-state index is 0.00756. The summed E-state index contributed by atoms with van der Waals surface area (Å²) in [5, 5.41) is 13.8. The van der Waals surface area contributed by atoms with Crippen molar-refractivity contribution >= 4 is 13.7 Å². The van der Waals surface area contributed by atoms with Crippen molar-refractivity contribution in [1.29, 1.82) is 0 Å². The summed E-state index contributed by atoms with van der Waals surface area (Å²) in [6.45, 7) is 4.64. The molecule has 0 aliphatic rings. The van der Waals surface area contributed by atoms with Crippen LogP contribution in [0.3, 0.4) is 0 Å². The lowest BCUT2D eigenvalue weighted by Gasteiger charge is -2.29. The molecule has 0 aromatic heterocycles. The summed E-state index contributed by atoms with van der Waals surface area (Å²) in [5.74, 6) is -0.208. The molecule has 9 heteroatoms. The molecule has 0 aliphatic heterocycles. The Morgan fingerprint density at radius 3 is 1.29 bits per heavy atom. The third kappa shape index (κ3) is 48.5. The van der Waals surface area contributed by atoms with Gasteiger partial charge in [-0.15, -0.1) is 0 Å². The Balaban J connectivity index is 4.32. The SMILES string of the molecule is CCCCCCCCCCCCCCCCC/C=C/CC/C=C/CC/C=C/C(O)C(COP(=O)([O-])OCC[N+](C)(C)C)NC(=O)CCCCCCCCCCCCCCCCCC. The maximum absolute atomic E-state index is 12.9. The van der Waals surface area contributed by atoms with Crippen LogP contribution in [0.2, 0.25) is 0 Å². The summed E-state index contributed by atoms with van der Waals surface area (Å²) in [7, 11) is 1.24. The van der Waals surface area contributed by atoms with Gasteiger partial charge in [-0.05, 0) is 44.9 Å². The number of carbonyl (C=O) groups excluding carboxylic acids is 1. The maximum atomic E-state index is 12.9. The molecule has 0 aliphatic carbocycles. The average Bonchev–Trinajstić information content (AvgIpc) is 3.24. The molecule has 0 saturated heterocycles. The molecule has 0 aromatic rings. The van der Waals surface area contributed by atoms with Gasteiger partial charge in [-0.2, -0.15) is 0 Å². The van der Waals surface area contributed by atoms with Crippen LogP contribution >= 0.6 is 7.82 Å². The molecule has 0 saturated carbocycles. The van der Waals surface area contributed by atoms with Crippen molar-refractivity contribution in [2.75, 3.05) is 40.9 Å². The minimum atomic E-state index is -4.60. The number of hydrogen-bond donors (Lipinski definition) is 2. The predicted octanol–water partition coefficient (Wildman–Crippen LogP) is 15.2. The Morgan fingerprint density at radius 1 is 0.540 bits per heavy atom. The smallest absolute Gasteiger partial charge is 0.268 e. The van der Waals surface area contributed by atoms with Gasteiger partial charge in [0.25, 0.3) is 7.82 Å². The second-order valence-electron chi connectivity index (χ2n) is 19.6. The number of phosphoric ester groups is 1. The highest BCUT2D eigenvalue weighted by atomic mass is 31.2. The van der Waals surface area contributed by atoms with E-state index in [9.17, 15) is 19.4 Å². The molecular formula is C54H105N2O6P. The highest BCUT2D eigenvalue weighted by Crippen LogP contribution is 2.38. The summed E-state index contributed by atoms with van der Waals surface area (Å²) in [6, 6.07) is -0.907. The molecule has 0 aromatic carbocycles. The average molecular weight is 909 g/mol. The van der Waals surface area contributed by atoms with Gasteiger partial charge in [-0.3, -0.25) is 9.36 Å². The fourth-order valence-electron chi connectivity index (χ4n) is 7.83. The highest BCUT2D eigenvalue weighted by Gasteiger charge is 2.23. The van der Waals surface area contributed by atoms with Crippen LogP contribution in [0.25, 0.3) is 0 Å². The van der Waals surface area contributed by atoms with Crippen LogP contribution in [0.5, 0.6) is 0 Å². The largest absolute Gasteiger partial charge is 0.756 e. The van der Waals surface area contributed by atoms with Gasteiger partial charge in [-0.1, -0.05) is 237 Å². The standard InChI is InChI=1S/C54H105N2O6P/c1-6-8-10-12-14-16-18-20-22-24-25-26-27-28-29-30-31-32-33-35-37-39-41-43-45-47-53(57)52(51-62-63(59,60)61-50-49-56(3,4)5)55-54(58)48-46-44-42-40-38-36-34-23-21-19-17-15-13-11-9-7-2/h31-32,37,39,45,47,52-53,57H,6-30,33-36,38,40-44,46,48-51H2,1-5H3,(H-,55,58,59,60)/b32-31+,39-37+,47-45+. The molecule has 0 heterocycles. The van der Waals surface area contributed by atoms with E-state index in [0.717, 1.165) is 44.9 Å². The molecule has 372 valence electrons. The van der Waals surface area contributed by atoms with E-state index in [4.69, 9.17) is 9.05 Å². The first-order valence-electron chi connectivity index (χ1n) is 26.9. The lowest BCUT2D eigenvalue weighted by Crippen LogP contribution is -2.45. The molecule has 3 atom stereocenters. The minimum Gasteiger partial charge on any atom is -0.756 e. The summed E-state index contributed by atoms with van der Waals surface area (Å²) in [6.07, 6.45) is 57.9. The van der Waals surface area contributed by atoms with Crippen molar-refractivity contribution in [2.45, 2.75) is 264 Å². The van der Waals surface area contributed by atoms with Gasteiger partial charge in [0.15, 0.2) is 0 Å². The van der Waals surface area contributed by atoms with Crippen molar-refractivity contribution in [2.24, 2.45) is 0 Å². The van der Waals surface area contributed by atoms with Crippen LogP contribution in [-0.4, -0.2) is 68.5 Å². The monoisotopic (exact) mass is 909 g/mol. The van der Waals surface area contributed by atoms with E-state index in [-0.39, 0.29) is 12.5 Å². The van der Waals surface area contributed by atoms with E-state index in [1.165, 1.54) is 186 Å². The highest BCUT2D eigenvalue weighted by molar-refractivity contribution is 7.45. The maximum Gasteiger partial charge on any atom is 0.268 e. The number of nitrogens with zero attached hydrogens (tertiary/aromatic N) is 1. The lowest BCUT2D eigenvalue weighted by molar-refractivity contribution is -0.870. The zero-order valence-electron chi connectivity index (χ0n) is 42.3. The number of aliphatic hydroxyl groups is 1. The zero-order chi connectivity index (χ0) is 46.4. The number of carbonyl (C=O) groups is 1. The van der Waals surface area contributed by atoms with E-state index in [2.05, 4.69) is 43.5 Å². The Bertz CT molecular complexity index is 1120. The van der Waals surface area contributed by atoms with E-state index in [1.807, 2.05) is 27.2 Å². The van der Waals surface area contributed by atoms with Crippen LogP contribution in [0.1, 0.15) is 251 Å². The van der Waals surface area contributed by atoms with Crippen molar-refractivity contribution in [1.82, 2.24) is 5.32 Å². The fraction of sp³-hybridized carbons (Fsp3) is 0.870. The molecule has 1 amide bonds. The number of amides is 1. The van der Waals surface area contributed by atoms with Crippen molar-refractivity contribution in [3.8, 4) is 0 Å². The van der Waals surface area contributed by atoms with E-state index >= 15 is 0 Å². The summed E-state index contributed by atoms with van der Waals surface area (Å²) in [4.78, 5) is 25.4. The second-order valence-corrected chi connectivity index (χ2v) is 21.0. The molecule has 2 N–H and O–H groups in total. The second kappa shape index (κ2) is 45.9. The number of unbranched alkanes of at least 4 members (excludes halogenated alkanes) is 32. The fourth-order valence-corrected chi connectivity index (χ4v) is 8.56. The van der Waals surface area contributed by atoms with Gasteiger partial charge in [-0.25, -0.2) is 0 Å². The van der Waals surface area contributed by atoms with Crippen molar-refractivity contribution in [3.63, 3.8) is 0 Å². The van der Waals surface area contributed by atoms with Crippen LogP contribution in [0, 0.1) is 0 Å². The van der Waals surface area contributed by atoms with Crippen molar-refractivity contribution in [3.05, 3.63) is 36.5 Å². The summed E-state index contributed by atoms with van der Waals surface area (Å²) >= 11 is 0. The zero-order valence-corrected chi connectivity index (χ0v) is 43.2. The van der Waals surface area contributed by atoms with Gasteiger partial charge in [0.05, 0.1) is 39.9 Å². The third-order valence-electron chi connectivity index (χ3n) is 12.1. The first kappa shape index (κ1) is 61.7. The number of phosphoric acid groups is 1. The first-order chi connectivity index (χ1) is 30.5. The number of rotatable bonds is 49. The van der Waals surface area contributed by atoms with Gasteiger partial charge < -0.3 is 28.8 Å². The van der Waals surface area contributed by atoms with Crippen LogP contribution in [0.15, 0.2) is 36.5 Å². The predicted molar refractivity (Wildman–Crippen MR) is 270 cm³/mol. The normalized spacial score (nSPS) is 14.3. The quantitative estimate of drug-likeness (QED) is 0.0272. The molecule has 0 bridgehead atoms. The molecule has 3 unspecified atom stereocenters. The number of nitrogens with one attached hydrogen (secondary N) is 1. The number of likely N-dealkylation sites (N-methyl/N-ethyl adjacent to an activating group) is 1. The molecule has 0 fully saturated rings. The van der Waals surface area contributed by atoms with Crippen LogP contribution in [0.4, 0.5) is 0 Å². The van der Waals surface area contributed by atoms with Gasteiger partial charge in [0, 0.05) is 6.42 Å². The van der Waals surface area contributed by atoms with Crippen LogP contribution in [-0.2, 0) is 18.4 Å². The molecule has 8 nitrogen and oxygen atoms in total. The van der Waals surface area contributed by atoms with E-state index in [0.29, 0.717) is 17.4 Å². The Kier molecular flexibility index (Phi) is 44.9. The third-order valence-corrected chi connectivity index (χ3v) is 13.0. The Labute approximate surface area is 391 Å². The molecule has 63 heavy (non-hydrogen) atoms. The molecular weight excluding hydrogens is 804 g/mol. The summed E-state index contributed by atoms with van der Waals surface area (Å²) in [5.41, 5.74) is 0. The topological polar surface area (TPSA) is 108 Å². The number of aliphatic hydroxyl groups excluding tert-OH is 1. The first-order valence-corrected chi connectivity index (χ1v) is 28.3. The van der Waals surface area contributed by atoms with E-state index < -0.39 is 26.6 Å². The van der Waals surface area contributed by atoms with Gasteiger partial charge in [0.1, 0.15) is 13.2 Å². The Hall–Kier alpha value is -1.28. The van der Waals surface area contributed by atoms with Crippen molar-refractivity contribution < 1.29 is 32.9 Å². The lowest BCUT2D eigenvalue weighted by atomic mass is 10.0. The van der Waals surface area contributed by atoms with Gasteiger partial charge in [0.2, 0.25) is 5.91 Å². The molecule has 0 radical (unpaired) electrons. The number of allylic oxidation sites excluding steroid dienone is 5. The van der Waals surface area contributed by atoms with Crippen LogP contribution < -0.4 is 10.2 Å².